The summed E-state index contributed by atoms with van der Waals surface area (Å²) < 4.78 is 0. The first-order valence-corrected chi connectivity index (χ1v) is 8.91. The van der Waals surface area contributed by atoms with Gasteiger partial charge in [-0.1, -0.05) is 32.3 Å². The third-order valence-electron chi connectivity index (χ3n) is 3.43. The van der Waals surface area contributed by atoms with Gasteiger partial charge >= 0.3 is 0 Å². The van der Waals surface area contributed by atoms with Crippen molar-refractivity contribution in [1.29, 1.82) is 0 Å². The van der Waals surface area contributed by atoms with Crippen LogP contribution in [0.3, 0.4) is 0 Å². The lowest BCUT2D eigenvalue weighted by Gasteiger charge is -2.11. The number of amides is 1. The molecule has 0 aliphatic heterocycles. The van der Waals surface area contributed by atoms with Gasteiger partial charge in [-0.2, -0.15) is 0 Å². The van der Waals surface area contributed by atoms with Crippen molar-refractivity contribution in [3.8, 4) is 0 Å². The van der Waals surface area contributed by atoms with Crippen molar-refractivity contribution in [2.24, 2.45) is 4.99 Å². The van der Waals surface area contributed by atoms with Gasteiger partial charge in [0.25, 0.3) is 0 Å². The molecule has 0 spiro atoms. The molecule has 0 saturated heterocycles. The van der Waals surface area contributed by atoms with Crippen molar-refractivity contribution >= 4 is 17.7 Å². The molecule has 0 bridgehead atoms. The van der Waals surface area contributed by atoms with Crippen molar-refractivity contribution in [3.05, 3.63) is 23.9 Å². The number of aryl methyl sites for hydroxylation is 1. The zero-order valence-corrected chi connectivity index (χ0v) is 15.2. The van der Waals surface area contributed by atoms with Gasteiger partial charge in [0.15, 0.2) is 5.96 Å². The number of guanidine groups is 1. The molecule has 6 nitrogen and oxygen atoms in total. The summed E-state index contributed by atoms with van der Waals surface area (Å²) in [4.78, 5) is 20.7. The Hall–Kier alpha value is -2.11. The molecule has 0 radical (unpaired) electrons. The van der Waals surface area contributed by atoms with Gasteiger partial charge in [0, 0.05) is 31.7 Å². The Morgan fingerprint density at radius 2 is 2.00 bits per heavy atom. The fraction of sp³-hybridized carbons (Fsp3) is 0.611. The molecule has 134 valence electrons. The van der Waals surface area contributed by atoms with Crippen LogP contribution in [0.15, 0.2) is 23.2 Å². The van der Waals surface area contributed by atoms with Crippen molar-refractivity contribution in [3.63, 3.8) is 0 Å². The van der Waals surface area contributed by atoms with E-state index in [1.807, 2.05) is 26.0 Å². The molecule has 3 N–H and O–H groups in total. The van der Waals surface area contributed by atoms with E-state index in [1.165, 1.54) is 19.3 Å². The topological polar surface area (TPSA) is 78.4 Å². The molecular formula is C18H31N5O. The third-order valence-corrected chi connectivity index (χ3v) is 3.43. The minimum absolute atomic E-state index is 0.0561. The predicted molar refractivity (Wildman–Crippen MR) is 100 cm³/mol. The minimum atomic E-state index is -0.0561. The van der Waals surface area contributed by atoms with Crippen LogP contribution in [0.5, 0.6) is 0 Å². The highest BCUT2D eigenvalue weighted by Gasteiger charge is 2.04. The number of anilines is 1. The van der Waals surface area contributed by atoms with Gasteiger partial charge in [-0.25, -0.2) is 4.98 Å². The van der Waals surface area contributed by atoms with Crippen molar-refractivity contribution < 1.29 is 4.79 Å². The Labute approximate surface area is 145 Å². The molecule has 0 aromatic carbocycles. The Kier molecular flexibility index (Phi) is 10.2. The number of hydrogen-bond acceptors (Lipinski definition) is 3. The molecule has 0 aliphatic rings. The molecule has 1 aromatic rings. The number of unbranched alkanes of at least 4 members (excludes halogenated alkanes) is 3. The first-order valence-electron chi connectivity index (χ1n) is 8.91. The number of carbonyl (C=O) groups is 1. The maximum atomic E-state index is 11.9. The lowest BCUT2D eigenvalue weighted by atomic mass is 10.2. The van der Waals surface area contributed by atoms with Crippen LogP contribution in [0.1, 0.15) is 51.6 Å². The van der Waals surface area contributed by atoms with E-state index in [0.717, 1.165) is 31.2 Å². The number of pyridine rings is 1. The SMILES string of the molecule is CCCCCCN=C(NCC)NCCC(=O)Nc1cccc(C)n1. The molecule has 1 rings (SSSR count). The number of nitrogens with zero attached hydrogens (tertiary/aromatic N) is 2. The largest absolute Gasteiger partial charge is 0.357 e. The Bertz CT molecular complexity index is 516. The Morgan fingerprint density at radius 1 is 1.17 bits per heavy atom. The van der Waals surface area contributed by atoms with Gasteiger partial charge in [-0.15, -0.1) is 0 Å². The quantitative estimate of drug-likeness (QED) is 0.349. The van der Waals surface area contributed by atoms with Crippen LogP contribution in [0.2, 0.25) is 0 Å². The normalized spacial score (nSPS) is 11.2. The highest BCUT2D eigenvalue weighted by atomic mass is 16.1. The standard InChI is InChI=1S/C18H31N5O/c1-4-6-7-8-13-20-18(19-5-2)21-14-12-17(24)23-16-11-9-10-15(3)22-16/h9-11H,4-8,12-14H2,1-3H3,(H2,19,20,21)(H,22,23,24). The number of carbonyl (C=O) groups excluding carboxylic acids is 1. The summed E-state index contributed by atoms with van der Waals surface area (Å²) in [5, 5.41) is 9.20. The molecule has 0 aliphatic carbocycles. The average molecular weight is 333 g/mol. The smallest absolute Gasteiger partial charge is 0.227 e. The lowest BCUT2D eigenvalue weighted by Crippen LogP contribution is -2.38. The minimum Gasteiger partial charge on any atom is -0.357 e. The summed E-state index contributed by atoms with van der Waals surface area (Å²) in [5.74, 6) is 1.31. The lowest BCUT2D eigenvalue weighted by molar-refractivity contribution is -0.116. The molecule has 0 fully saturated rings. The Morgan fingerprint density at radius 3 is 2.71 bits per heavy atom. The van der Waals surface area contributed by atoms with Crippen LogP contribution in [-0.4, -0.2) is 36.5 Å². The number of hydrogen-bond donors (Lipinski definition) is 3. The number of aliphatic imine (C=N–C) groups is 1. The van der Waals surface area contributed by atoms with Crippen LogP contribution in [0.4, 0.5) is 5.82 Å². The third kappa shape index (κ3) is 9.12. The second kappa shape index (κ2) is 12.3. The van der Waals surface area contributed by atoms with E-state index in [2.05, 4.69) is 32.9 Å². The summed E-state index contributed by atoms with van der Waals surface area (Å²) >= 11 is 0. The molecule has 1 aromatic heterocycles. The second-order valence-electron chi connectivity index (χ2n) is 5.71. The summed E-state index contributed by atoms with van der Waals surface area (Å²) in [5.41, 5.74) is 0.885. The van der Waals surface area contributed by atoms with Crippen molar-refractivity contribution in [2.45, 2.75) is 52.9 Å². The molecule has 0 atom stereocenters. The summed E-state index contributed by atoms with van der Waals surface area (Å²) in [6, 6.07) is 5.57. The van der Waals surface area contributed by atoms with Crippen LogP contribution < -0.4 is 16.0 Å². The molecule has 24 heavy (non-hydrogen) atoms. The van der Waals surface area contributed by atoms with Crippen LogP contribution in [0, 0.1) is 6.92 Å². The number of aromatic nitrogens is 1. The van der Waals surface area contributed by atoms with E-state index < -0.39 is 0 Å². The molecule has 1 heterocycles. The van der Waals surface area contributed by atoms with E-state index in [-0.39, 0.29) is 5.91 Å². The van der Waals surface area contributed by atoms with Gasteiger partial charge in [0.05, 0.1) is 0 Å². The summed E-state index contributed by atoms with van der Waals surface area (Å²) in [6.45, 7) is 8.29. The van der Waals surface area contributed by atoms with E-state index in [4.69, 9.17) is 0 Å². The fourth-order valence-electron chi connectivity index (χ4n) is 2.18. The van der Waals surface area contributed by atoms with E-state index >= 15 is 0 Å². The van der Waals surface area contributed by atoms with Crippen LogP contribution >= 0.6 is 0 Å². The molecule has 1 amide bonds. The zero-order chi connectivity index (χ0) is 17.6. The van der Waals surface area contributed by atoms with E-state index in [0.29, 0.717) is 18.8 Å². The molecule has 0 unspecified atom stereocenters. The van der Waals surface area contributed by atoms with Gasteiger partial charge in [0.2, 0.25) is 5.91 Å². The maximum absolute atomic E-state index is 11.9. The number of rotatable bonds is 10. The summed E-state index contributed by atoms with van der Waals surface area (Å²) in [6.07, 6.45) is 5.17. The van der Waals surface area contributed by atoms with E-state index in [1.54, 1.807) is 6.07 Å². The zero-order valence-electron chi connectivity index (χ0n) is 15.2. The van der Waals surface area contributed by atoms with Crippen LogP contribution in [-0.2, 0) is 4.79 Å². The average Bonchev–Trinajstić information content (AvgIpc) is 2.54. The monoisotopic (exact) mass is 333 g/mol. The highest BCUT2D eigenvalue weighted by molar-refractivity contribution is 5.90. The predicted octanol–water partition coefficient (Wildman–Crippen LogP) is 2.85. The van der Waals surface area contributed by atoms with Gasteiger partial charge < -0.3 is 16.0 Å². The Balaban J connectivity index is 2.30. The van der Waals surface area contributed by atoms with Crippen molar-refractivity contribution in [2.75, 3.05) is 25.0 Å². The molecule has 6 heteroatoms. The first-order chi connectivity index (χ1) is 11.7. The summed E-state index contributed by atoms with van der Waals surface area (Å²) in [7, 11) is 0. The maximum Gasteiger partial charge on any atom is 0.227 e. The van der Waals surface area contributed by atoms with E-state index in [9.17, 15) is 4.79 Å². The molecule has 0 saturated carbocycles. The van der Waals surface area contributed by atoms with Crippen molar-refractivity contribution in [1.82, 2.24) is 15.6 Å². The second-order valence-corrected chi connectivity index (χ2v) is 5.71. The first kappa shape index (κ1) is 19.9. The van der Waals surface area contributed by atoms with Gasteiger partial charge in [-0.3, -0.25) is 9.79 Å². The van der Waals surface area contributed by atoms with Gasteiger partial charge in [-0.05, 0) is 32.4 Å². The highest BCUT2D eigenvalue weighted by Crippen LogP contribution is 2.04. The van der Waals surface area contributed by atoms with Crippen LogP contribution in [0.25, 0.3) is 0 Å². The fourth-order valence-corrected chi connectivity index (χ4v) is 2.18. The molecular weight excluding hydrogens is 302 g/mol. The number of nitrogens with one attached hydrogen (secondary N) is 3. The van der Waals surface area contributed by atoms with Gasteiger partial charge in [0.1, 0.15) is 5.82 Å².